The largest absolute Gasteiger partial charge is 0.348 e. The third-order valence-corrected chi connectivity index (χ3v) is 12.7. The molecule has 1 saturated heterocycles. The second-order valence-corrected chi connectivity index (χ2v) is 14.8. The van der Waals surface area contributed by atoms with Gasteiger partial charge in [0.05, 0.1) is 13.2 Å². The standard InChI is InChI=1S/C35H53NO3.C2H6/c1-3-7-31-29-11-10-23-20-35(38-18-19-39-35)17-16-25(23)33(29)30(21-34(31,2)22-37)27-14-15-32(28-13-12-26(27)28)36-24-8-5-4-6-9-24;1-2/h22-24,27,29-32,36H,3-21H2,1-2H3;1-2H3. The molecule has 7 unspecified atom stereocenters. The molecule has 3 saturated carbocycles. The molecule has 0 aromatic carbocycles. The summed E-state index contributed by atoms with van der Waals surface area (Å²) in [5.41, 5.74) is 7.05. The van der Waals surface area contributed by atoms with Crippen molar-refractivity contribution in [1.82, 2.24) is 5.32 Å². The first-order valence-corrected chi connectivity index (χ1v) is 18.0. The molecule has 0 aromatic heterocycles. The quantitative estimate of drug-likeness (QED) is 0.258. The van der Waals surface area contributed by atoms with Crippen LogP contribution in [0, 0.1) is 35.0 Å². The molecule has 4 nitrogen and oxygen atoms in total. The molecule has 0 amide bonds. The average molecular weight is 566 g/mol. The number of hydrogen-bond donors (Lipinski definition) is 1. The van der Waals surface area contributed by atoms with Crippen molar-refractivity contribution >= 4 is 6.29 Å². The van der Waals surface area contributed by atoms with Crippen molar-refractivity contribution in [3.8, 4) is 0 Å². The van der Waals surface area contributed by atoms with Gasteiger partial charge in [0.15, 0.2) is 5.79 Å². The highest BCUT2D eigenvalue weighted by atomic mass is 16.7. The van der Waals surface area contributed by atoms with Crippen molar-refractivity contribution in [3.63, 3.8) is 0 Å². The zero-order valence-electron chi connectivity index (χ0n) is 26.8. The molecule has 7 atom stereocenters. The number of rotatable bonds is 6. The predicted molar refractivity (Wildman–Crippen MR) is 167 cm³/mol. The van der Waals surface area contributed by atoms with E-state index in [2.05, 4.69) is 19.2 Å². The van der Waals surface area contributed by atoms with Gasteiger partial charge in [0.25, 0.3) is 0 Å². The molecule has 230 valence electrons. The Kier molecular flexibility index (Phi) is 9.22. The van der Waals surface area contributed by atoms with Crippen LogP contribution >= 0.6 is 0 Å². The molecule has 1 spiro atoms. The second kappa shape index (κ2) is 12.6. The summed E-state index contributed by atoms with van der Waals surface area (Å²) in [6, 6.07) is 1.36. The lowest BCUT2D eigenvalue weighted by atomic mass is 9.48. The van der Waals surface area contributed by atoms with Crippen molar-refractivity contribution in [3.05, 3.63) is 22.3 Å². The summed E-state index contributed by atoms with van der Waals surface area (Å²) in [5, 5.41) is 4.14. The van der Waals surface area contributed by atoms with Crippen LogP contribution in [0.15, 0.2) is 22.3 Å². The summed E-state index contributed by atoms with van der Waals surface area (Å²) in [4.78, 5) is 12.9. The number of carbonyl (C=O) groups is 1. The number of carbonyl (C=O) groups excluding carboxylic acids is 1. The first kappa shape index (κ1) is 30.1. The second-order valence-electron chi connectivity index (χ2n) is 14.8. The third kappa shape index (κ3) is 5.46. The molecular weight excluding hydrogens is 506 g/mol. The van der Waals surface area contributed by atoms with Crippen molar-refractivity contribution in [2.24, 2.45) is 35.0 Å². The van der Waals surface area contributed by atoms with E-state index in [1.54, 1.807) is 11.1 Å². The lowest BCUT2D eigenvalue weighted by Gasteiger charge is -2.56. The first-order chi connectivity index (χ1) is 20.0. The van der Waals surface area contributed by atoms with Crippen LogP contribution in [-0.4, -0.2) is 37.4 Å². The maximum Gasteiger partial charge on any atom is 0.169 e. The topological polar surface area (TPSA) is 47.6 Å². The van der Waals surface area contributed by atoms with E-state index >= 15 is 0 Å². The highest BCUT2D eigenvalue weighted by Gasteiger charge is 2.55. The number of ether oxygens (including phenoxy) is 2. The van der Waals surface area contributed by atoms with Gasteiger partial charge in [0.1, 0.15) is 6.29 Å². The van der Waals surface area contributed by atoms with Crippen LogP contribution in [0.5, 0.6) is 0 Å². The molecule has 1 aliphatic heterocycles. The lowest BCUT2D eigenvalue weighted by molar-refractivity contribution is -0.181. The van der Waals surface area contributed by atoms with Crippen LogP contribution in [0.3, 0.4) is 0 Å². The summed E-state index contributed by atoms with van der Waals surface area (Å²) in [6.45, 7) is 10.2. The molecule has 1 heterocycles. The van der Waals surface area contributed by atoms with E-state index in [1.165, 1.54) is 89.8 Å². The minimum atomic E-state index is -0.307. The average Bonchev–Trinajstić information content (AvgIpc) is 3.43. The van der Waals surface area contributed by atoms with Gasteiger partial charge in [0.2, 0.25) is 0 Å². The summed E-state index contributed by atoms with van der Waals surface area (Å²) in [5.74, 6) is 2.65. The monoisotopic (exact) mass is 565 g/mol. The number of fused-ring (bicyclic) bond motifs is 2. The summed E-state index contributed by atoms with van der Waals surface area (Å²) in [7, 11) is 0. The van der Waals surface area contributed by atoms with Gasteiger partial charge in [-0.3, -0.25) is 0 Å². The zero-order valence-corrected chi connectivity index (χ0v) is 26.8. The predicted octanol–water partition coefficient (Wildman–Crippen LogP) is 8.70. The molecule has 7 rings (SSSR count). The maximum absolute atomic E-state index is 12.9. The fourth-order valence-electron chi connectivity index (χ4n) is 10.9. The van der Waals surface area contributed by atoms with E-state index in [0.717, 1.165) is 44.9 Å². The van der Waals surface area contributed by atoms with Crippen LogP contribution in [0.1, 0.15) is 137 Å². The van der Waals surface area contributed by atoms with Gasteiger partial charge in [-0.25, -0.2) is 0 Å². The molecule has 0 aromatic rings. The minimum Gasteiger partial charge on any atom is -0.348 e. The van der Waals surface area contributed by atoms with E-state index in [1.807, 2.05) is 25.0 Å². The Hall–Kier alpha value is -0.970. The van der Waals surface area contributed by atoms with E-state index in [0.29, 0.717) is 35.6 Å². The van der Waals surface area contributed by atoms with Gasteiger partial charge in [-0.05, 0) is 100 Å². The number of nitrogens with one attached hydrogen (secondary N) is 1. The van der Waals surface area contributed by atoms with Crippen molar-refractivity contribution in [2.75, 3.05) is 13.2 Å². The van der Waals surface area contributed by atoms with Crippen molar-refractivity contribution in [1.29, 1.82) is 0 Å². The van der Waals surface area contributed by atoms with Gasteiger partial charge in [0, 0.05) is 30.3 Å². The highest BCUT2D eigenvalue weighted by Crippen LogP contribution is 2.62. The van der Waals surface area contributed by atoms with Crippen LogP contribution in [0.2, 0.25) is 0 Å². The summed E-state index contributed by atoms with van der Waals surface area (Å²) < 4.78 is 12.5. The smallest absolute Gasteiger partial charge is 0.169 e. The first-order valence-electron chi connectivity index (χ1n) is 18.0. The van der Waals surface area contributed by atoms with Crippen LogP contribution in [-0.2, 0) is 14.3 Å². The van der Waals surface area contributed by atoms with Gasteiger partial charge in [-0.2, -0.15) is 0 Å². The van der Waals surface area contributed by atoms with Crippen molar-refractivity contribution in [2.45, 2.75) is 155 Å². The molecule has 1 N–H and O–H groups in total. The van der Waals surface area contributed by atoms with Gasteiger partial charge in [-0.1, -0.05) is 75.7 Å². The number of allylic oxidation sites excluding steroid dienone is 3. The Balaban J connectivity index is 0.00000148. The van der Waals surface area contributed by atoms with Crippen molar-refractivity contribution < 1.29 is 14.3 Å². The summed E-state index contributed by atoms with van der Waals surface area (Å²) in [6.07, 6.45) is 22.8. The Labute approximate surface area is 250 Å². The molecule has 0 radical (unpaired) electrons. The minimum absolute atomic E-state index is 0.183. The maximum atomic E-state index is 12.9. The molecule has 0 bridgehead atoms. The lowest BCUT2D eigenvalue weighted by Crippen LogP contribution is -2.51. The Bertz CT molecular complexity index is 1000. The molecular formula is C37H59NO3. The van der Waals surface area contributed by atoms with E-state index in [9.17, 15) is 4.79 Å². The summed E-state index contributed by atoms with van der Waals surface area (Å²) >= 11 is 0. The number of hydrogen-bond acceptors (Lipinski definition) is 4. The molecule has 7 aliphatic rings. The van der Waals surface area contributed by atoms with Gasteiger partial charge < -0.3 is 19.6 Å². The Morgan fingerprint density at radius 3 is 2.24 bits per heavy atom. The van der Waals surface area contributed by atoms with E-state index in [-0.39, 0.29) is 11.2 Å². The molecule has 6 aliphatic carbocycles. The normalized spacial score (nSPS) is 40.2. The molecule has 4 heteroatoms. The Morgan fingerprint density at radius 2 is 1.56 bits per heavy atom. The SMILES string of the molecule is CC.CCCC1C2CCC3CC4(CCC3=C2C(C2CCC(NC3CCCCC3)C3=C2CC3)CC1(C)C=O)OCCO4. The third-order valence-electron chi connectivity index (χ3n) is 12.7. The van der Waals surface area contributed by atoms with Gasteiger partial charge in [-0.15, -0.1) is 0 Å². The molecule has 41 heavy (non-hydrogen) atoms. The molecule has 4 fully saturated rings. The fourth-order valence-corrected chi connectivity index (χ4v) is 10.9. The highest BCUT2D eigenvalue weighted by molar-refractivity contribution is 5.61. The zero-order chi connectivity index (χ0) is 28.6. The number of aldehydes is 1. The van der Waals surface area contributed by atoms with Gasteiger partial charge >= 0.3 is 0 Å². The van der Waals surface area contributed by atoms with Crippen LogP contribution in [0.25, 0.3) is 0 Å². The van der Waals surface area contributed by atoms with E-state index in [4.69, 9.17) is 9.47 Å². The van der Waals surface area contributed by atoms with Crippen LogP contribution in [0.4, 0.5) is 0 Å². The fraction of sp³-hybridized carbons (Fsp3) is 0.865. The Morgan fingerprint density at radius 1 is 0.829 bits per heavy atom. The van der Waals surface area contributed by atoms with Crippen LogP contribution < -0.4 is 5.32 Å². The van der Waals surface area contributed by atoms with E-state index < -0.39 is 0 Å².